The first kappa shape index (κ1) is 28.4. The summed E-state index contributed by atoms with van der Waals surface area (Å²) in [5, 5.41) is 7.42. The van der Waals surface area contributed by atoms with Crippen LogP contribution in [0.15, 0.2) is 60.8 Å². The van der Waals surface area contributed by atoms with Crippen LogP contribution in [0.25, 0.3) is 0 Å². The average molecular weight is 584 g/mol. The Morgan fingerprint density at radius 1 is 0.800 bits per heavy atom. The average Bonchev–Trinajstić information content (AvgIpc) is 3.54. The van der Waals surface area contributed by atoms with Gasteiger partial charge < -0.3 is 10.6 Å². The Kier molecular flexibility index (Phi) is 8.86. The van der Waals surface area contributed by atoms with E-state index in [2.05, 4.69) is 25.6 Å². The highest BCUT2D eigenvalue weighted by Gasteiger charge is 2.09. The van der Waals surface area contributed by atoms with Crippen molar-refractivity contribution in [3.8, 4) is 0 Å². The standard InChI is InChI=1S/C25H25N7O6S2/c1-14-12-31(24(37)29-22(14)35)9-7-17(33)27-20-4-3-16(39-20)11-26-19-5-6-21(40-19)28-18(34)8-10-32-13-15(2)23(36)30-25(32)38/h3-6,11-13H,7-10H2,1-2H3,(H,27,33)(H,28,34)(H,29,35,37)(H,30,36,38). The molecule has 208 valence electrons. The topological polar surface area (TPSA) is 180 Å². The highest BCUT2D eigenvalue weighted by atomic mass is 32.1. The molecule has 0 aromatic carbocycles. The molecule has 0 fully saturated rings. The van der Waals surface area contributed by atoms with E-state index in [4.69, 9.17) is 0 Å². The maximum Gasteiger partial charge on any atom is 0.328 e. The summed E-state index contributed by atoms with van der Waals surface area (Å²) in [6.45, 7) is 3.42. The highest BCUT2D eigenvalue weighted by molar-refractivity contribution is 7.20. The van der Waals surface area contributed by atoms with Gasteiger partial charge in [0, 0.05) is 60.5 Å². The summed E-state index contributed by atoms with van der Waals surface area (Å²) < 4.78 is 2.57. The monoisotopic (exact) mass is 583 g/mol. The van der Waals surface area contributed by atoms with Gasteiger partial charge in [-0.15, -0.1) is 11.3 Å². The Balaban J connectivity index is 1.26. The maximum absolute atomic E-state index is 12.3. The molecule has 4 aromatic heterocycles. The minimum Gasteiger partial charge on any atom is -0.318 e. The van der Waals surface area contributed by atoms with Crippen LogP contribution in [-0.4, -0.2) is 37.1 Å². The summed E-state index contributed by atoms with van der Waals surface area (Å²) in [5.74, 6) is -0.562. The van der Waals surface area contributed by atoms with Gasteiger partial charge in [-0.1, -0.05) is 11.3 Å². The van der Waals surface area contributed by atoms with Crippen LogP contribution in [0.1, 0.15) is 28.8 Å². The molecule has 0 saturated carbocycles. The fourth-order valence-corrected chi connectivity index (χ4v) is 5.06. The number of aromatic nitrogens is 4. The zero-order valence-corrected chi connectivity index (χ0v) is 23.1. The van der Waals surface area contributed by atoms with Crippen LogP contribution < -0.4 is 33.1 Å². The largest absolute Gasteiger partial charge is 0.328 e. The van der Waals surface area contributed by atoms with E-state index >= 15 is 0 Å². The van der Waals surface area contributed by atoms with Crippen molar-refractivity contribution in [3.05, 3.63) is 94.3 Å². The van der Waals surface area contributed by atoms with E-state index in [0.717, 1.165) is 4.88 Å². The SMILES string of the molecule is Cc1cn(CCC(=O)Nc2ccc(C=Nc3ccc(NC(=O)CCn4cc(C)c(=O)[nH]c4=O)s3)s2)c(=O)[nH]c1=O. The second-order valence-electron chi connectivity index (χ2n) is 8.72. The number of carbonyl (C=O) groups excluding carboxylic acids is 2. The lowest BCUT2D eigenvalue weighted by Gasteiger charge is -2.06. The summed E-state index contributed by atoms with van der Waals surface area (Å²) in [7, 11) is 0. The molecule has 0 atom stereocenters. The lowest BCUT2D eigenvalue weighted by atomic mass is 10.3. The molecule has 15 heteroatoms. The molecule has 0 saturated heterocycles. The fraction of sp³-hybridized carbons (Fsp3) is 0.240. The summed E-state index contributed by atoms with van der Waals surface area (Å²) in [5.41, 5.74) is -1.25. The smallest absolute Gasteiger partial charge is 0.318 e. The van der Waals surface area contributed by atoms with E-state index in [0.29, 0.717) is 26.1 Å². The van der Waals surface area contributed by atoms with Gasteiger partial charge in [0.2, 0.25) is 11.8 Å². The van der Waals surface area contributed by atoms with Gasteiger partial charge in [-0.3, -0.25) is 38.3 Å². The van der Waals surface area contributed by atoms with Crippen LogP contribution in [-0.2, 0) is 22.7 Å². The minimum absolute atomic E-state index is 0.0484. The molecule has 40 heavy (non-hydrogen) atoms. The number of H-pyrrole nitrogens is 2. The fourth-order valence-electron chi connectivity index (χ4n) is 3.49. The van der Waals surface area contributed by atoms with E-state index in [9.17, 15) is 28.8 Å². The summed E-state index contributed by atoms with van der Waals surface area (Å²) in [6, 6.07) is 7.02. The number of rotatable bonds is 10. The Morgan fingerprint density at radius 2 is 1.30 bits per heavy atom. The second-order valence-corrected chi connectivity index (χ2v) is 10.9. The number of thiophene rings is 2. The number of amides is 2. The van der Waals surface area contributed by atoms with Gasteiger partial charge in [0.15, 0.2) is 0 Å². The van der Waals surface area contributed by atoms with E-state index in [1.54, 1.807) is 44.3 Å². The number of aromatic amines is 2. The van der Waals surface area contributed by atoms with E-state index in [1.807, 2.05) is 0 Å². The first-order valence-corrected chi connectivity index (χ1v) is 13.6. The number of hydrogen-bond acceptors (Lipinski definition) is 9. The van der Waals surface area contributed by atoms with Gasteiger partial charge in [-0.05, 0) is 38.1 Å². The van der Waals surface area contributed by atoms with Gasteiger partial charge in [0.1, 0.15) is 5.00 Å². The second kappa shape index (κ2) is 12.5. The molecule has 0 aliphatic carbocycles. The predicted octanol–water partition coefficient (Wildman–Crippen LogP) is 1.93. The van der Waals surface area contributed by atoms with Crippen molar-refractivity contribution in [3.63, 3.8) is 0 Å². The zero-order valence-electron chi connectivity index (χ0n) is 21.5. The molecule has 4 heterocycles. The maximum atomic E-state index is 12.3. The zero-order chi connectivity index (χ0) is 28.8. The molecule has 13 nitrogen and oxygen atoms in total. The summed E-state index contributed by atoms with van der Waals surface area (Å²) in [4.78, 5) is 80.9. The van der Waals surface area contributed by atoms with Gasteiger partial charge in [-0.2, -0.15) is 0 Å². The quantitative estimate of drug-likeness (QED) is 0.207. The third-order valence-corrected chi connectivity index (χ3v) is 7.44. The van der Waals surface area contributed by atoms with Crippen molar-refractivity contribution in [1.29, 1.82) is 0 Å². The van der Waals surface area contributed by atoms with Gasteiger partial charge in [0.25, 0.3) is 11.1 Å². The Bertz CT molecular complexity index is 1690. The third-order valence-electron chi connectivity index (χ3n) is 5.60. The molecule has 0 radical (unpaired) electrons. The van der Waals surface area contributed by atoms with E-state index < -0.39 is 22.5 Å². The van der Waals surface area contributed by atoms with Gasteiger partial charge in [-0.25, -0.2) is 14.6 Å². The predicted molar refractivity (Wildman–Crippen MR) is 155 cm³/mol. The molecule has 0 bridgehead atoms. The van der Waals surface area contributed by atoms with E-state index in [1.165, 1.54) is 44.2 Å². The Hall–Kier alpha value is -4.63. The number of nitrogens with zero attached hydrogens (tertiary/aromatic N) is 3. The van der Waals surface area contributed by atoms with Crippen molar-refractivity contribution < 1.29 is 9.59 Å². The molecule has 2 amide bonds. The number of carbonyl (C=O) groups is 2. The van der Waals surface area contributed by atoms with E-state index in [-0.39, 0.29) is 37.7 Å². The lowest BCUT2D eigenvalue weighted by molar-refractivity contribution is -0.117. The Morgan fingerprint density at radius 3 is 1.85 bits per heavy atom. The number of aliphatic imine (C=N–C) groups is 1. The van der Waals surface area contributed by atoms with Crippen LogP contribution in [0.5, 0.6) is 0 Å². The molecular weight excluding hydrogens is 558 g/mol. The molecule has 0 unspecified atom stereocenters. The normalized spacial score (nSPS) is 11.2. The minimum atomic E-state index is -0.565. The molecule has 4 N–H and O–H groups in total. The molecular formula is C25H25N7O6S2. The first-order chi connectivity index (χ1) is 19.1. The Labute approximate surface area is 233 Å². The van der Waals surface area contributed by atoms with Crippen molar-refractivity contribution in [2.75, 3.05) is 10.6 Å². The highest BCUT2D eigenvalue weighted by Crippen LogP contribution is 2.30. The third kappa shape index (κ3) is 7.48. The first-order valence-electron chi connectivity index (χ1n) is 12.0. The number of anilines is 2. The van der Waals surface area contributed by atoms with Gasteiger partial charge >= 0.3 is 11.4 Å². The molecule has 0 aliphatic heterocycles. The molecule has 0 aliphatic rings. The van der Waals surface area contributed by atoms with Crippen molar-refractivity contribution in [1.82, 2.24) is 19.1 Å². The van der Waals surface area contributed by atoms with Crippen molar-refractivity contribution in [2.24, 2.45) is 4.99 Å². The number of aryl methyl sites for hydroxylation is 4. The van der Waals surface area contributed by atoms with Gasteiger partial charge in [0.05, 0.1) is 10.0 Å². The summed E-state index contributed by atoms with van der Waals surface area (Å²) >= 11 is 2.60. The van der Waals surface area contributed by atoms with Crippen LogP contribution in [0.4, 0.5) is 15.0 Å². The summed E-state index contributed by atoms with van der Waals surface area (Å²) in [6.07, 6.45) is 4.59. The van der Waals surface area contributed by atoms with Crippen LogP contribution >= 0.6 is 22.7 Å². The van der Waals surface area contributed by atoms with Crippen molar-refractivity contribution in [2.45, 2.75) is 39.8 Å². The number of nitrogens with one attached hydrogen (secondary N) is 4. The number of hydrogen-bond donors (Lipinski definition) is 4. The molecule has 0 spiro atoms. The molecule has 4 rings (SSSR count). The lowest BCUT2D eigenvalue weighted by Crippen LogP contribution is -2.31. The molecule has 4 aromatic rings. The van der Waals surface area contributed by atoms with Crippen LogP contribution in [0.2, 0.25) is 0 Å². The van der Waals surface area contributed by atoms with Crippen molar-refractivity contribution >= 4 is 55.7 Å². The van der Waals surface area contributed by atoms with Crippen LogP contribution in [0.3, 0.4) is 0 Å². The van der Waals surface area contributed by atoms with Crippen LogP contribution in [0, 0.1) is 13.8 Å².